The first-order valence-corrected chi connectivity index (χ1v) is 18.9. The fourth-order valence-electron chi connectivity index (χ4n) is 5.04. The molecule has 0 aliphatic carbocycles. The van der Waals surface area contributed by atoms with E-state index in [0.29, 0.717) is 6.42 Å². The number of hydrogen-bond acceptors (Lipinski definition) is 4. The maximum Gasteiger partial charge on any atom is 0.204 e. The molecule has 3 nitrogen and oxygen atoms in total. The highest BCUT2D eigenvalue weighted by atomic mass is 32.2. The van der Waals surface area contributed by atoms with Gasteiger partial charge in [-0.2, -0.15) is 0 Å². The number of rotatable bonds is 24. The third-order valence-electron chi connectivity index (χ3n) is 7.72. The van der Waals surface area contributed by atoms with Crippen molar-refractivity contribution in [1.29, 1.82) is 0 Å². The second-order valence-electron chi connectivity index (χ2n) is 11.4. The summed E-state index contributed by atoms with van der Waals surface area (Å²) in [4.78, 5) is 1.48. The Hall–Kier alpha value is -1.56. The maximum atomic E-state index is 12.4. The summed E-state index contributed by atoms with van der Waals surface area (Å²) in [5, 5.41) is 9.94. The number of benzene rings is 2. The summed E-state index contributed by atoms with van der Waals surface area (Å²) in [6, 6.07) is 15.3. The standard InChI is InChI=1S/C36H56O3S2/c1-3-5-6-7-8-9-10-11-12-13-14-15-16-17-18-19-31-40-34-27-23-32(24-28-34)21-22-33-25-29-35(30-26-33)41(38,39)36(37)20-4-2/h21-30,36-37H,3-20,31H2,1-2H3. The van der Waals surface area contributed by atoms with Gasteiger partial charge in [0, 0.05) is 4.90 Å². The number of sulfone groups is 1. The molecule has 0 radical (unpaired) electrons. The van der Waals surface area contributed by atoms with Crippen molar-refractivity contribution in [3.63, 3.8) is 0 Å². The van der Waals surface area contributed by atoms with Gasteiger partial charge in [-0.3, -0.25) is 0 Å². The molecule has 230 valence electrons. The van der Waals surface area contributed by atoms with Crippen LogP contribution in [0.25, 0.3) is 12.2 Å². The fraction of sp³-hybridized carbons (Fsp3) is 0.611. The molecule has 0 spiro atoms. The number of hydrogen-bond donors (Lipinski definition) is 1. The quantitative estimate of drug-likeness (QED) is 0.0740. The van der Waals surface area contributed by atoms with Gasteiger partial charge in [-0.1, -0.05) is 153 Å². The molecule has 1 unspecified atom stereocenters. The summed E-state index contributed by atoms with van der Waals surface area (Å²) in [5.41, 5.74) is 0.706. The molecule has 2 aromatic carbocycles. The van der Waals surface area contributed by atoms with Crippen molar-refractivity contribution < 1.29 is 13.5 Å². The van der Waals surface area contributed by atoms with Gasteiger partial charge in [0.25, 0.3) is 0 Å². The lowest BCUT2D eigenvalue weighted by Crippen LogP contribution is -2.20. The van der Waals surface area contributed by atoms with Crippen LogP contribution in [0.2, 0.25) is 0 Å². The fourth-order valence-corrected chi connectivity index (χ4v) is 7.32. The van der Waals surface area contributed by atoms with Crippen LogP contribution in [0.4, 0.5) is 0 Å². The minimum absolute atomic E-state index is 0.168. The van der Waals surface area contributed by atoms with Gasteiger partial charge in [0.15, 0.2) is 5.44 Å². The molecule has 0 fully saturated rings. The Labute approximate surface area is 256 Å². The lowest BCUT2D eigenvalue weighted by Gasteiger charge is -2.11. The molecule has 0 saturated heterocycles. The molecule has 0 bridgehead atoms. The summed E-state index contributed by atoms with van der Waals surface area (Å²) in [7, 11) is -3.69. The van der Waals surface area contributed by atoms with Crippen LogP contribution in [0.3, 0.4) is 0 Å². The van der Waals surface area contributed by atoms with Crippen molar-refractivity contribution in [2.24, 2.45) is 0 Å². The summed E-state index contributed by atoms with van der Waals surface area (Å²) < 4.78 is 24.8. The van der Waals surface area contributed by atoms with Gasteiger partial charge in [-0.05, 0) is 54.0 Å². The van der Waals surface area contributed by atoms with Crippen molar-refractivity contribution in [3.05, 3.63) is 59.7 Å². The van der Waals surface area contributed by atoms with Crippen LogP contribution in [0, 0.1) is 0 Å². The predicted molar refractivity (Wildman–Crippen MR) is 180 cm³/mol. The number of aliphatic hydroxyl groups is 1. The van der Waals surface area contributed by atoms with E-state index in [4.69, 9.17) is 0 Å². The summed E-state index contributed by atoms with van der Waals surface area (Å²) in [5.74, 6) is 1.18. The molecule has 0 aliphatic rings. The highest BCUT2D eigenvalue weighted by molar-refractivity contribution is 7.99. The molecule has 0 saturated carbocycles. The molecule has 0 aromatic heterocycles. The zero-order valence-corrected chi connectivity index (χ0v) is 27.5. The largest absolute Gasteiger partial charge is 0.377 e. The van der Waals surface area contributed by atoms with E-state index in [9.17, 15) is 13.5 Å². The molecule has 2 aromatic rings. The van der Waals surface area contributed by atoms with Crippen molar-refractivity contribution in [2.45, 2.75) is 145 Å². The Bertz CT molecular complexity index is 1040. The molecule has 1 N–H and O–H groups in total. The summed E-state index contributed by atoms with van der Waals surface area (Å²) in [6.45, 7) is 4.15. The minimum Gasteiger partial charge on any atom is -0.377 e. The van der Waals surface area contributed by atoms with Gasteiger partial charge in [-0.25, -0.2) is 8.42 Å². The van der Waals surface area contributed by atoms with E-state index < -0.39 is 15.3 Å². The van der Waals surface area contributed by atoms with E-state index in [2.05, 4.69) is 31.2 Å². The SMILES string of the molecule is CCCCCCCCCCCCCCCCCCSc1ccc(C=Cc2ccc(S(=O)(=O)C(O)CCC)cc2)cc1. The topological polar surface area (TPSA) is 54.4 Å². The Morgan fingerprint density at radius 1 is 0.610 bits per heavy atom. The molecule has 0 aliphatic heterocycles. The van der Waals surface area contributed by atoms with Crippen molar-refractivity contribution in [2.75, 3.05) is 5.75 Å². The normalized spacial score (nSPS) is 12.8. The molecule has 1 atom stereocenters. The van der Waals surface area contributed by atoms with E-state index in [0.717, 1.165) is 11.1 Å². The van der Waals surface area contributed by atoms with Gasteiger partial charge >= 0.3 is 0 Å². The van der Waals surface area contributed by atoms with Crippen LogP contribution in [-0.2, 0) is 9.84 Å². The lowest BCUT2D eigenvalue weighted by molar-refractivity contribution is 0.237. The smallest absolute Gasteiger partial charge is 0.204 e. The molecule has 5 heteroatoms. The highest BCUT2D eigenvalue weighted by Crippen LogP contribution is 2.23. The number of aliphatic hydroxyl groups excluding tert-OH is 1. The Kier molecular flexibility index (Phi) is 19.2. The van der Waals surface area contributed by atoms with Crippen molar-refractivity contribution in [3.8, 4) is 0 Å². The zero-order valence-electron chi connectivity index (χ0n) is 25.9. The van der Waals surface area contributed by atoms with E-state index in [-0.39, 0.29) is 11.3 Å². The van der Waals surface area contributed by atoms with Gasteiger partial charge < -0.3 is 5.11 Å². The Morgan fingerprint density at radius 3 is 1.46 bits per heavy atom. The van der Waals surface area contributed by atoms with E-state index >= 15 is 0 Å². The van der Waals surface area contributed by atoms with Crippen LogP contribution >= 0.6 is 11.8 Å². The number of thioether (sulfide) groups is 1. The molecular formula is C36H56O3S2. The molecule has 41 heavy (non-hydrogen) atoms. The van der Waals surface area contributed by atoms with E-state index in [1.165, 1.54) is 113 Å². The first-order chi connectivity index (χ1) is 20.0. The van der Waals surface area contributed by atoms with Crippen LogP contribution in [-0.4, -0.2) is 24.7 Å². The Balaban J connectivity index is 1.52. The first-order valence-electron chi connectivity index (χ1n) is 16.4. The predicted octanol–water partition coefficient (Wildman–Crippen LogP) is 11.1. The van der Waals surface area contributed by atoms with Gasteiger partial charge in [0.1, 0.15) is 0 Å². The average Bonchev–Trinajstić information content (AvgIpc) is 2.98. The lowest BCUT2D eigenvalue weighted by atomic mass is 10.0. The summed E-state index contributed by atoms with van der Waals surface area (Å²) >= 11 is 1.94. The zero-order chi connectivity index (χ0) is 29.6. The second kappa shape index (κ2) is 22.0. The molecule has 0 heterocycles. The average molecular weight is 601 g/mol. The van der Waals surface area contributed by atoms with Crippen molar-refractivity contribution in [1.82, 2.24) is 0 Å². The van der Waals surface area contributed by atoms with Gasteiger partial charge in [0.05, 0.1) is 4.90 Å². The van der Waals surface area contributed by atoms with Crippen molar-refractivity contribution >= 4 is 33.8 Å². The van der Waals surface area contributed by atoms with E-state index in [1.807, 2.05) is 30.8 Å². The van der Waals surface area contributed by atoms with E-state index in [1.54, 1.807) is 24.3 Å². The van der Waals surface area contributed by atoms with Crippen LogP contribution < -0.4 is 0 Å². The van der Waals surface area contributed by atoms with Crippen LogP contribution in [0.1, 0.15) is 141 Å². The monoisotopic (exact) mass is 600 g/mol. The maximum absolute atomic E-state index is 12.4. The molecule has 2 rings (SSSR count). The van der Waals surface area contributed by atoms with Crippen LogP contribution in [0.5, 0.6) is 0 Å². The third-order valence-corrected chi connectivity index (χ3v) is 10.7. The van der Waals surface area contributed by atoms with Gasteiger partial charge in [0.2, 0.25) is 9.84 Å². The number of unbranched alkanes of at least 4 members (excludes halogenated alkanes) is 15. The second-order valence-corrected chi connectivity index (χ2v) is 14.7. The minimum atomic E-state index is -3.69. The molecular weight excluding hydrogens is 545 g/mol. The third kappa shape index (κ3) is 15.5. The van der Waals surface area contributed by atoms with Gasteiger partial charge in [-0.15, -0.1) is 11.8 Å². The first kappa shape index (κ1) is 35.6. The van der Waals surface area contributed by atoms with Crippen LogP contribution in [0.15, 0.2) is 58.3 Å². The molecule has 0 amide bonds. The highest BCUT2D eigenvalue weighted by Gasteiger charge is 2.23. The summed E-state index contributed by atoms with van der Waals surface area (Å²) in [6.07, 6.45) is 27.4. The Morgan fingerprint density at radius 2 is 1.02 bits per heavy atom.